The molecule has 0 aliphatic heterocycles. The molecule has 0 unspecified atom stereocenters. The molecule has 0 atom stereocenters. The number of anilines is 1. The van der Waals surface area contributed by atoms with Crippen LogP contribution in [0, 0.1) is 17.1 Å². The topological polar surface area (TPSA) is 57.8 Å². The van der Waals surface area contributed by atoms with Crippen LogP contribution in [0.5, 0.6) is 0 Å². The third-order valence-corrected chi connectivity index (χ3v) is 3.41. The van der Waals surface area contributed by atoms with E-state index in [0.29, 0.717) is 5.69 Å². The van der Waals surface area contributed by atoms with Gasteiger partial charge in [-0.15, -0.1) is 0 Å². The lowest BCUT2D eigenvalue weighted by Gasteiger charge is -2.13. The molecule has 0 fully saturated rings. The number of halogens is 2. The molecule has 1 heterocycles. The van der Waals surface area contributed by atoms with Crippen LogP contribution in [0.15, 0.2) is 34.9 Å². The molecule has 21 heavy (non-hydrogen) atoms. The monoisotopic (exact) mass is 349 g/mol. The number of rotatable bonds is 3. The average Bonchev–Trinajstić information content (AvgIpc) is 2.81. The third-order valence-electron chi connectivity index (χ3n) is 2.98. The Morgan fingerprint density at radius 2 is 2.19 bits per heavy atom. The molecule has 4 nitrogen and oxygen atoms in total. The van der Waals surface area contributed by atoms with E-state index >= 15 is 0 Å². The first-order valence-electron chi connectivity index (χ1n) is 6.31. The number of amides is 1. The fraction of sp³-hybridized carbons (Fsp3) is 0.200. The van der Waals surface area contributed by atoms with Crippen LogP contribution in [0.25, 0.3) is 0 Å². The zero-order valence-electron chi connectivity index (χ0n) is 11.5. The number of hydrogen-bond acceptors (Lipinski definition) is 2. The largest absolute Gasteiger partial charge is 0.340 e. The standard InChI is InChI=1S/C15H13BrFN3O/c1-9(2)20-8-10(16)6-14(20)15(21)19-13-5-3-4-12(17)11(13)7-18/h3-6,8-9H,1-2H3,(H,19,21). The van der Waals surface area contributed by atoms with Crippen LogP contribution >= 0.6 is 15.9 Å². The molecule has 1 amide bonds. The number of nitrogens with one attached hydrogen (secondary N) is 1. The molecule has 108 valence electrons. The van der Waals surface area contributed by atoms with Crippen molar-refractivity contribution in [2.24, 2.45) is 0 Å². The number of benzene rings is 1. The molecule has 1 aromatic heterocycles. The zero-order chi connectivity index (χ0) is 15.6. The van der Waals surface area contributed by atoms with Gasteiger partial charge in [-0.05, 0) is 48.0 Å². The molecule has 0 spiro atoms. The third kappa shape index (κ3) is 3.14. The number of nitriles is 1. The summed E-state index contributed by atoms with van der Waals surface area (Å²) in [6.45, 7) is 3.90. The summed E-state index contributed by atoms with van der Waals surface area (Å²) in [6, 6.07) is 7.66. The minimum Gasteiger partial charge on any atom is -0.340 e. The summed E-state index contributed by atoms with van der Waals surface area (Å²) in [6.07, 6.45) is 1.80. The van der Waals surface area contributed by atoms with E-state index in [2.05, 4.69) is 21.2 Å². The maximum absolute atomic E-state index is 13.5. The second kappa shape index (κ2) is 6.10. The Bertz CT molecular complexity index is 731. The van der Waals surface area contributed by atoms with Crippen molar-refractivity contribution >= 4 is 27.5 Å². The summed E-state index contributed by atoms with van der Waals surface area (Å²) >= 11 is 3.33. The van der Waals surface area contributed by atoms with Gasteiger partial charge in [0, 0.05) is 16.7 Å². The average molecular weight is 350 g/mol. The molecule has 1 N–H and O–H groups in total. The molecule has 1 aromatic carbocycles. The van der Waals surface area contributed by atoms with Crippen LogP contribution in [0.4, 0.5) is 10.1 Å². The predicted molar refractivity (Wildman–Crippen MR) is 81.6 cm³/mol. The van der Waals surface area contributed by atoms with Crippen molar-refractivity contribution in [1.29, 1.82) is 5.26 Å². The summed E-state index contributed by atoms with van der Waals surface area (Å²) < 4.78 is 16.1. The van der Waals surface area contributed by atoms with E-state index in [-0.39, 0.29) is 17.3 Å². The highest BCUT2D eigenvalue weighted by Gasteiger charge is 2.17. The molecule has 0 aliphatic rings. The smallest absolute Gasteiger partial charge is 0.272 e. The number of carbonyl (C=O) groups excluding carboxylic acids is 1. The van der Waals surface area contributed by atoms with Crippen molar-refractivity contribution in [3.63, 3.8) is 0 Å². The lowest BCUT2D eigenvalue weighted by Crippen LogP contribution is -2.18. The molecule has 0 bridgehead atoms. The van der Waals surface area contributed by atoms with Crippen molar-refractivity contribution in [2.45, 2.75) is 19.9 Å². The van der Waals surface area contributed by atoms with Gasteiger partial charge in [0.05, 0.1) is 5.69 Å². The van der Waals surface area contributed by atoms with Gasteiger partial charge in [-0.1, -0.05) is 6.07 Å². The number of carbonyl (C=O) groups is 1. The van der Waals surface area contributed by atoms with E-state index in [1.165, 1.54) is 18.2 Å². The zero-order valence-corrected chi connectivity index (χ0v) is 13.1. The lowest BCUT2D eigenvalue weighted by molar-refractivity contribution is 0.101. The van der Waals surface area contributed by atoms with Crippen LogP contribution in [-0.2, 0) is 0 Å². The minimum atomic E-state index is -0.657. The second-order valence-corrected chi connectivity index (χ2v) is 5.69. The molecule has 0 saturated carbocycles. The maximum Gasteiger partial charge on any atom is 0.272 e. The highest BCUT2D eigenvalue weighted by molar-refractivity contribution is 9.10. The van der Waals surface area contributed by atoms with Gasteiger partial charge < -0.3 is 9.88 Å². The molecule has 6 heteroatoms. The van der Waals surface area contributed by atoms with Crippen molar-refractivity contribution < 1.29 is 9.18 Å². The van der Waals surface area contributed by atoms with Crippen molar-refractivity contribution in [2.75, 3.05) is 5.32 Å². The van der Waals surface area contributed by atoms with Gasteiger partial charge in [-0.3, -0.25) is 4.79 Å². The second-order valence-electron chi connectivity index (χ2n) is 4.77. The van der Waals surface area contributed by atoms with E-state index in [9.17, 15) is 9.18 Å². The SMILES string of the molecule is CC(C)n1cc(Br)cc1C(=O)Nc1cccc(F)c1C#N. The van der Waals surface area contributed by atoms with Crippen molar-refractivity contribution in [3.8, 4) is 6.07 Å². The van der Waals surface area contributed by atoms with Crippen LogP contribution in [-0.4, -0.2) is 10.5 Å². The van der Waals surface area contributed by atoms with E-state index in [4.69, 9.17) is 5.26 Å². The Labute approximate surface area is 130 Å². The first kappa shape index (κ1) is 15.3. The predicted octanol–water partition coefficient (Wildman–Crippen LogP) is 4.09. The normalized spacial score (nSPS) is 10.5. The number of nitrogens with zero attached hydrogens (tertiary/aromatic N) is 2. The Morgan fingerprint density at radius 1 is 1.48 bits per heavy atom. The van der Waals surface area contributed by atoms with E-state index in [0.717, 1.165) is 4.47 Å². The maximum atomic E-state index is 13.5. The Kier molecular flexibility index (Phi) is 4.43. The quantitative estimate of drug-likeness (QED) is 0.906. The Morgan fingerprint density at radius 3 is 2.81 bits per heavy atom. The molecule has 0 aliphatic carbocycles. The van der Waals surface area contributed by atoms with Crippen molar-refractivity contribution in [1.82, 2.24) is 4.57 Å². The fourth-order valence-corrected chi connectivity index (χ4v) is 2.42. The van der Waals surface area contributed by atoms with E-state index in [1.54, 1.807) is 22.9 Å². The molecule has 0 saturated heterocycles. The Hall–Kier alpha value is -2.13. The molecule has 2 rings (SSSR count). The van der Waals surface area contributed by atoms with E-state index in [1.807, 2.05) is 13.8 Å². The molecular formula is C15H13BrFN3O. The highest BCUT2D eigenvalue weighted by Crippen LogP contribution is 2.22. The first-order valence-corrected chi connectivity index (χ1v) is 7.10. The van der Waals surface area contributed by atoms with Crippen LogP contribution < -0.4 is 5.32 Å². The number of aromatic nitrogens is 1. The minimum absolute atomic E-state index is 0.0972. The first-order chi connectivity index (χ1) is 9.93. The molecule has 2 aromatic rings. The molecular weight excluding hydrogens is 337 g/mol. The van der Waals surface area contributed by atoms with Gasteiger partial charge in [0.2, 0.25) is 0 Å². The van der Waals surface area contributed by atoms with Crippen LogP contribution in [0.2, 0.25) is 0 Å². The van der Waals surface area contributed by atoms with Gasteiger partial charge in [0.25, 0.3) is 5.91 Å². The lowest BCUT2D eigenvalue weighted by atomic mass is 10.2. The summed E-state index contributed by atoms with van der Waals surface area (Å²) in [5.74, 6) is -1.05. The Balaban J connectivity index is 2.36. The van der Waals surface area contributed by atoms with Gasteiger partial charge in [0.15, 0.2) is 0 Å². The number of hydrogen-bond donors (Lipinski definition) is 1. The summed E-state index contributed by atoms with van der Waals surface area (Å²) in [7, 11) is 0. The molecule has 0 radical (unpaired) electrons. The summed E-state index contributed by atoms with van der Waals surface area (Å²) in [4.78, 5) is 12.3. The van der Waals surface area contributed by atoms with Gasteiger partial charge in [-0.2, -0.15) is 5.26 Å². The fourth-order valence-electron chi connectivity index (χ4n) is 1.98. The van der Waals surface area contributed by atoms with Gasteiger partial charge in [-0.25, -0.2) is 4.39 Å². The van der Waals surface area contributed by atoms with Crippen LogP contribution in [0.1, 0.15) is 35.9 Å². The van der Waals surface area contributed by atoms with E-state index < -0.39 is 11.7 Å². The van der Waals surface area contributed by atoms with Crippen molar-refractivity contribution in [3.05, 3.63) is 52.0 Å². The van der Waals surface area contributed by atoms with Gasteiger partial charge >= 0.3 is 0 Å². The summed E-state index contributed by atoms with van der Waals surface area (Å²) in [5.41, 5.74) is 0.424. The highest BCUT2D eigenvalue weighted by atomic mass is 79.9. The van der Waals surface area contributed by atoms with Crippen LogP contribution in [0.3, 0.4) is 0 Å². The summed E-state index contributed by atoms with van der Waals surface area (Å²) in [5, 5.41) is 11.6. The van der Waals surface area contributed by atoms with Gasteiger partial charge in [0.1, 0.15) is 23.1 Å².